The highest BCUT2D eigenvalue weighted by molar-refractivity contribution is 6.05. The molecule has 1 fully saturated rings. The number of benzene rings is 2. The normalized spacial score (nSPS) is 15.8. The van der Waals surface area contributed by atoms with E-state index >= 15 is 0 Å². The number of morpholine rings is 1. The summed E-state index contributed by atoms with van der Waals surface area (Å²) in [4.78, 5) is 27.7. The Bertz CT molecular complexity index is 685. The molecule has 0 radical (unpaired) electrons. The van der Waals surface area contributed by atoms with E-state index in [2.05, 4.69) is 4.90 Å². The SMILES string of the molecule is Cl.O=C(CC(C(=O)c1ccccc1)N1CCOCC1)c1ccccc1. The number of halogens is 1. The summed E-state index contributed by atoms with van der Waals surface area (Å²) in [6.45, 7) is 2.53. The first kappa shape index (κ1) is 19.3. The lowest BCUT2D eigenvalue weighted by Crippen LogP contribution is -2.48. The third kappa shape index (κ3) is 4.98. The molecule has 4 nitrogen and oxygen atoms in total. The number of nitrogens with zero attached hydrogens (tertiary/aromatic N) is 1. The van der Waals surface area contributed by atoms with E-state index in [0.717, 1.165) is 0 Å². The van der Waals surface area contributed by atoms with Crippen LogP contribution in [0.25, 0.3) is 0 Å². The van der Waals surface area contributed by atoms with Crippen LogP contribution >= 0.6 is 12.4 Å². The zero-order chi connectivity index (χ0) is 16.8. The summed E-state index contributed by atoms with van der Waals surface area (Å²) < 4.78 is 5.39. The van der Waals surface area contributed by atoms with E-state index in [9.17, 15) is 9.59 Å². The van der Waals surface area contributed by atoms with Crippen molar-refractivity contribution < 1.29 is 14.3 Å². The summed E-state index contributed by atoms with van der Waals surface area (Å²) in [5.41, 5.74) is 1.30. The van der Waals surface area contributed by atoms with E-state index in [1.165, 1.54) is 0 Å². The topological polar surface area (TPSA) is 46.6 Å². The van der Waals surface area contributed by atoms with Crippen molar-refractivity contribution in [1.29, 1.82) is 0 Å². The first-order valence-corrected chi connectivity index (χ1v) is 8.25. The molecule has 5 heteroatoms. The highest BCUT2D eigenvalue weighted by atomic mass is 35.5. The molecule has 3 rings (SSSR count). The first-order chi connectivity index (χ1) is 11.8. The number of carbonyl (C=O) groups excluding carboxylic acids is 2. The van der Waals surface area contributed by atoms with Gasteiger partial charge in [-0.3, -0.25) is 14.5 Å². The molecule has 0 aromatic heterocycles. The van der Waals surface area contributed by atoms with E-state index in [1.807, 2.05) is 48.5 Å². The largest absolute Gasteiger partial charge is 0.379 e. The first-order valence-electron chi connectivity index (χ1n) is 8.25. The van der Waals surface area contributed by atoms with Crippen LogP contribution < -0.4 is 0 Å². The van der Waals surface area contributed by atoms with Crippen LogP contribution in [0.5, 0.6) is 0 Å². The molecule has 1 aliphatic heterocycles. The van der Waals surface area contributed by atoms with Gasteiger partial charge in [0.2, 0.25) is 0 Å². The van der Waals surface area contributed by atoms with Gasteiger partial charge >= 0.3 is 0 Å². The summed E-state index contributed by atoms with van der Waals surface area (Å²) in [5.74, 6) is -0.00171. The van der Waals surface area contributed by atoms with E-state index in [0.29, 0.717) is 37.4 Å². The number of hydrogen-bond donors (Lipinski definition) is 0. The molecule has 0 amide bonds. The average molecular weight is 360 g/mol. The molecule has 0 bridgehead atoms. The van der Waals surface area contributed by atoms with Gasteiger partial charge in [0.1, 0.15) is 0 Å². The predicted octanol–water partition coefficient (Wildman–Crippen LogP) is 3.26. The highest BCUT2D eigenvalue weighted by Crippen LogP contribution is 2.17. The van der Waals surface area contributed by atoms with Crippen molar-refractivity contribution in [2.75, 3.05) is 26.3 Å². The molecule has 1 heterocycles. The molecule has 2 aromatic rings. The molecule has 0 aliphatic carbocycles. The Hall–Kier alpha value is -2.01. The minimum absolute atomic E-state index is 0. The summed E-state index contributed by atoms with van der Waals surface area (Å²) >= 11 is 0. The van der Waals surface area contributed by atoms with Crippen LogP contribution in [0.3, 0.4) is 0 Å². The Morgan fingerprint density at radius 3 is 1.96 bits per heavy atom. The fourth-order valence-electron chi connectivity index (χ4n) is 2.99. The van der Waals surface area contributed by atoms with E-state index in [-0.39, 0.29) is 30.4 Å². The van der Waals surface area contributed by atoms with Gasteiger partial charge in [0.15, 0.2) is 11.6 Å². The fraction of sp³-hybridized carbons (Fsp3) is 0.300. The van der Waals surface area contributed by atoms with Crippen LogP contribution in [-0.2, 0) is 4.74 Å². The Labute approximate surface area is 154 Å². The van der Waals surface area contributed by atoms with Gasteiger partial charge in [-0.25, -0.2) is 0 Å². The molecule has 0 N–H and O–H groups in total. The Balaban J connectivity index is 0.00000225. The van der Waals surface area contributed by atoms with Crippen molar-refractivity contribution in [3.8, 4) is 0 Å². The molecule has 2 aromatic carbocycles. The molecule has 1 atom stereocenters. The quantitative estimate of drug-likeness (QED) is 0.743. The van der Waals surface area contributed by atoms with Crippen molar-refractivity contribution in [2.45, 2.75) is 12.5 Å². The standard InChI is InChI=1S/C20H21NO3.ClH/c22-19(16-7-3-1-4-8-16)15-18(21-11-13-24-14-12-21)20(23)17-9-5-2-6-10-17;/h1-10,18H,11-15H2;1H. The molecule has 1 aliphatic rings. The van der Waals surface area contributed by atoms with Gasteiger partial charge in [0.05, 0.1) is 19.3 Å². The van der Waals surface area contributed by atoms with Gasteiger partial charge in [-0.1, -0.05) is 60.7 Å². The summed E-state index contributed by atoms with van der Waals surface area (Å²) in [6.07, 6.45) is 0.192. The number of hydrogen-bond acceptors (Lipinski definition) is 4. The second kappa shape index (κ2) is 9.47. The average Bonchev–Trinajstić information content (AvgIpc) is 2.67. The van der Waals surface area contributed by atoms with Crippen LogP contribution in [0.15, 0.2) is 60.7 Å². The maximum Gasteiger partial charge on any atom is 0.180 e. The zero-order valence-electron chi connectivity index (χ0n) is 14.0. The third-order valence-corrected chi connectivity index (χ3v) is 4.32. The molecule has 1 unspecified atom stereocenters. The Morgan fingerprint density at radius 1 is 0.880 bits per heavy atom. The van der Waals surface area contributed by atoms with Crippen LogP contribution in [0, 0.1) is 0 Å². The van der Waals surface area contributed by atoms with Gasteiger partial charge in [0, 0.05) is 30.6 Å². The lowest BCUT2D eigenvalue weighted by atomic mass is 9.95. The van der Waals surface area contributed by atoms with Crippen molar-refractivity contribution in [1.82, 2.24) is 4.90 Å². The summed E-state index contributed by atoms with van der Waals surface area (Å²) in [6, 6.07) is 17.9. The molecular formula is C20H22ClNO3. The number of rotatable bonds is 6. The molecule has 1 saturated heterocycles. The highest BCUT2D eigenvalue weighted by Gasteiger charge is 2.30. The Kier molecular flexibility index (Phi) is 7.31. The molecular weight excluding hydrogens is 338 g/mol. The minimum Gasteiger partial charge on any atom is -0.379 e. The smallest absolute Gasteiger partial charge is 0.180 e. The maximum absolute atomic E-state index is 13.0. The second-order valence-electron chi connectivity index (χ2n) is 5.89. The van der Waals surface area contributed by atoms with Crippen molar-refractivity contribution in [2.24, 2.45) is 0 Å². The van der Waals surface area contributed by atoms with Gasteiger partial charge < -0.3 is 4.74 Å². The van der Waals surface area contributed by atoms with E-state index in [4.69, 9.17) is 4.74 Å². The maximum atomic E-state index is 13.0. The van der Waals surface area contributed by atoms with E-state index < -0.39 is 6.04 Å². The minimum atomic E-state index is -0.441. The van der Waals surface area contributed by atoms with Crippen LogP contribution in [0.2, 0.25) is 0 Å². The van der Waals surface area contributed by atoms with E-state index in [1.54, 1.807) is 12.1 Å². The number of ketones is 2. The molecule has 25 heavy (non-hydrogen) atoms. The fourth-order valence-corrected chi connectivity index (χ4v) is 2.99. The lowest BCUT2D eigenvalue weighted by molar-refractivity contribution is 0.0162. The third-order valence-electron chi connectivity index (χ3n) is 4.32. The molecule has 132 valence electrons. The summed E-state index contributed by atoms with van der Waals surface area (Å²) in [5, 5.41) is 0. The van der Waals surface area contributed by atoms with Crippen LogP contribution in [0.1, 0.15) is 27.1 Å². The second-order valence-corrected chi connectivity index (χ2v) is 5.89. The zero-order valence-corrected chi connectivity index (χ0v) is 14.8. The van der Waals surface area contributed by atoms with Crippen molar-refractivity contribution >= 4 is 24.0 Å². The molecule has 0 spiro atoms. The van der Waals surface area contributed by atoms with Gasteiger partial charge in [-0.2, -0.15) is 0 Å². The van der Waals surface area contributed by atoms with Crippen LogP contribution in [0.4, 0.5) is 0 Å². The molecule has 0 saturated carbocycles. The number of ether oxygens (including phenoxy) is 1. The van der Waals surface area contributed by atoms with Gasteiger partial charge in [-0.15, -0.1) is 12.4 Å². The lowest BCUT2D eigenvalue weighted by Gasteiger charge is -2.33. The number of carbonyl (C=O) groups is 2. The van der Waals surface area contributed by atoms with Crippen molar-refractivity contribution in [3.63, 3.8) is 0 Å². The van der Waals surface area contributed by atoms with Gasteiger partial charge in [0.25, 0.3) is 0 Å². The summed E-state index contributed by atoms with van der Waals surface area (Å²) in [7, 11) is 0. The monoisotopic (exact) mass is 359 g/mol. The van der Waals surface area contributed by atoms with Gasteiger partial charge in [-0.05, 0) is 0 Å². The number of Topliss-reactive ketones (excluding diaryl/α,β-unsaturated/α-hetero) is 2. The van der Waals surface area contributed by atoms with Crippen LogP contribution in [-0.4, -0.2) is 48.8 Å². The predicted molar refractivity (Wildman–Crippen MR) is 99.6 cm³/mol. The Morgan fingerprint density at radius 2 is 1.40 bits per heavy atom. The van der Waals surface area contributed by atoms with Crippen molar-refractivity contribution in [3.05, 3.63) is 71.8 Å².